The maximum atomic E-state index is 5.36. The lowest BCUT2D eigenvalue weighted by atomic mass is 10.2. The Kier molecular flexibility index (Phi) is 6.23. The van der Waals surface area contributed by atoms with Crippen LogP contribution in [0.5, 0.6) is 0 Å². The quantitative estimate of drug-likeness (QED) is 0.545. The molecule has 1 heterocycles. The summed E-state index contributed by atoms with van der Waals surface area (Å²) in [6.07, 6.45) is 0. The molecule has 0 aliphatic rings. The van der Waals surface area contributed by atoms with Crippen molar-refractivity contribution >= 4 is 27.7 Å². The lowest BCUT2D eigenvalue weighted by Crippen LogP contribution is -2.00. The molecule has 21 heavy (non-hydrogen) atoms. The van der Waals surface area contributed by atoms with E-state index in [0.29, 0.717) is 13.4 Å². The van der Waals surface area contributed by atoms with Crippen LogP contribution in [0.1, 0.15) is 16.8 Å². The minimum absolute atomic E-state index is 0.300. The number of methoxy groups -OCH3 is 1. The molecule has 3 nitrogen and oxygen atoms in total. The van der Waals surface area contributed by atoms with Crippen molar-refractivity contribution in [3.8, 4) is 0 Å². The molecule has 0 fully saturated rings. The molecule has 1 aromatic carbocycles. The van der Waals surface area contributed by atoms with Gasteiger partial charge < -0.3 is 9.47 Å². The highest BCUT2D eigenvalue weighted by molar-refractivity contribution is 9.10. The first-order chi connectivity index (χ1) is 10.1. The van der Waals surface area contributed by atoms with E-state index in [1.807, 2.05) is 13.0 Å². The van der Waals surface area contributed by atoms with E-state index >= 15 is 0 Å². The number of rotatable bonds is 6. The maximum absolute atomic E-state index is 5.36. The fourth-order valence-electron chi connectivity index (χ4n) is 1.81. The van der Waals surface area contributed by atoms with Crippen LogP contribution >= 0.6 is 27.7 Å². The van der Waals surface area contributed by atoms with Crippen molar-refractivity contribution in [3.63, 3.8) is 0 Å². The van der Waals surface area contributed by atoms with Gasteiger partial charge in [-0.1, -0.05) is 33.8 Å². The molecule has 0 atom stereocenters. The standard InChI is InChI=1S/C16H18BrNO2S/c1-11-8-14(5-6-15(11)17)21-16-7-4-13(12(2)18-16)9-20-10-19-3/h4-8H,9-10H2,1-3H3. The molecular weight excluding hydrogens is 350 g/mol. The summed E-state index contributed by atoms with van der Waals surface area (Å²) in [5.74, 6) is 0. The molecule has 5 heteroatoms. The monoisotopic (exact) mass is 367 g/mol. The summed E-state index contributed by atoms with van der Waals surface area (Å²) in [6, 6.07) is 10.4. The molecule has 0 amide bonds. The van der Waals surface area contributed by atoms with Crippen molar-refractivity contribution in [1.29, 1.82) is 0 Å². The zero-order chi connectivity index (χ0) is 15.2. The number of hydrogen-bond acceptors (Lipinski definition) is 4. The molecule has 2 rings (SSSR count). The first kappa shape index (κ1) is 16.5. The summed E-state index contributed by atoms with van der Waals surface area (Å²) in [5, 5.41) is 0.990. The maximum Gasteiger partial charge on any atom is 0.146 e. The van der Waals surface area contributed by atoms with E-state index < -0.39 is 0 Å². The minimum Gasteiger partial charge on any atom is -0.359 e. The molecule has 0 aliphatic carbocycles. The molecule has 0 aliphatic heterocycles. The van der Waals surface area contributed by atoms with Gasteiger partial charge in [0.05, 0.1) is 6.61 Å². The average molecular weight is 368 g/mol. The topological polar surface area (TPSA) is 31.4 Å². The largest absolute Gasteiger partial charge is 0.359 e. The predicted molar refractivity (Wildman–Crippen MR) is 88.6 cm³/mol. The first-order valence-corrected chi connectivity index (χ1v) is 8.18. The summed E-state index contributed by atoms with van der Waals surface area (Å²) in [7, 11) is 1.62. The van der Waals surface area contributed by atoms with Crippen LogP contribution in [0.4, 0.5) is 0 Å². The van der Waals surface area contributed by atoms with Crippen LogP contribution in [-0.2, 0) is 16.1 Å². The molecule has 112 valence electrons. The van der Waals surface area contributed by atoms with Crippen LogP contribution in [0, 0.1) is 13.8 Å². The number of aryl methyl sites for hydroxylation is 2. The molecule has 0 spiro atoms. The number of aromatic nitrogens is 1. The van der Waals surface area contributed by atoms with E-state index in [0.717, 1.165) is 20.8 Å². The summed E-state index contributed by atoms with van der Waals surface area (Å²) in [4.78, 5) is 5.82. The second kappa shape index (κ2) is 7.94. The van der Waals surface area contributed by atoms with Crippen LogP contribution in [-0.4, -0.2) is 18.9 Å². The van der Waals surface area contributed by atoms with Crippen molar-refractivity contribution in [2.75, 3.05) is 13.9 Å². The van der Waals surface area contributed by atoms with Crippen LogP contribution < -0.4 is 0 Å². The first-order valence-electron chi connectivity index (χ1n) is 6.57. The van der Waals surface area contributed by atoms with E-state index in [-0.39, 0.29) is 0 Å². The third kappa shape index (κ3) is 4.81. The van der Waals surface area contributed by atoms with Crippen LogP contribution in [0.3, 0.4) is 0 Å². The van der Waals surface area contributed by atoms with Crippen molar-refractivity contribution in [1.82, 2.24) is 4.98 Å². The summed E-state index contributed by atoms with van der Waals surface area (Å²) in [6.45, 7) is 4.91. The fraction of sp³-hybridized carbons (Fsp3) is 0.312. The van der Waals surface area contributed by atoms with Gasteiger partial charge in [0.15, 0.2) is 0 Å². The van der Waals surface area contributed by atoms with Crippen LogP contribution in [0.15, 0.2) is 44.7 Å². The SMILES string of the molecule is COCOCc1ccc(Sc2ccc(Br)c(C)c2)nc1C. The second-order valence-electron chi connectivity index (χ2n) is 4.66. The smallest absolute Gasteiger partial charge is 0.146 e. The van der Waals surface area contributed by atoms with Gasteiger partial charge in [0, 0.05) is 22.2 Å². The predicted octanol–water partition coefficient (Wildman–Crippen LogP) is 4.73. The van der Waals surface area contributed by atoms with Gasteiger partial charge in [0.25, 0.3) is 0 Å². The van der Waals surface area contributed by atoms with Gasteiger partial charge in [-0.15, -0.1) is 0 Å². The Morgan fingerprint density at radius 3 is 2.67 bits per heavy atom. The number of nitrogens with zero attached hydrogens (tertiary/aromatic N) is 1. The van der Waals surface area contributed by atoms with Crippen molar-refractivity contribution < 1.29 is 9.47 Å². The van der Waals surface area contributed by atoms with E-state index in [4.69, 9.17) is 9.47 Å². The van der Waals surface area contributed by atoms with Crippen molar-refractivity contribution in [2.24, 2.45) is 0 Å². The number of benzene rings is 1. The van der Waals surface area contributed by atoms with E-state index in [9.17, 15) is 0 Å². The van der Waals surface area contributed by atoms with Gasteiger partial charge in [-0.2, -0.15) is 0 Å². The zero-order valence-corrected chi connectivity index (χ0v) is 14.8. The minimum atomic E-state index is 0.300. The summed E-state index contributed by atoms with van der Waals surface area (Å²) >= 11 is 5.18. The Morgan fingerprint density at radius 1 is 1.19 bits per heavy atom. The molecule has 2 aromatic rings. The van der Waals surface area contributed by atoms with E-state index in [1.165, 1.54) is 10.5 Å². The number of halogens is 1. The second-order valence-corrected chi connectivity index (χ2v) is 6.61. The van der Waals surface area contributed by atoms with Gasteiger partial charge in [-0.25, -0.2) is 4.98 Å². The Morgan fingerprint density at radius 2 is 2.00 bits per heavy atom. The van der Waals surface area contributed by atoms with Gasteiger partial charge >= 0.3 is 0 Å². The molecule has 0 N–H and O–H groups in total. The molecular formula is C16H18BrNO2S. The van der Waals surface area contributed by atoms with Crippen LogP contribution in [0.25, 0.3) is 0 Å². The molecule has 0 saturated heterocycles. The number of pyridine rings is 1. The van der Waals surface area contributed by atoms with Gasteiger partial charge in [-0.3, -0.25) is 0 Å². The Balaban J connectivity index is 2.07. The highest BCUT2D eigenvalue weighted by atomic mass is 79.9. The lowest BCUT2D eigenvalue weighted by Gasteiger charge is -2.08. The lowest BCUT2D eigenvalue weighted by molar-refractivity contribution is -0.0393. The highest BCUT2D eigenvalue weighted by Crippen LogP contribution is 2.29. The summed E-state index contributed by atoms with van der Waals surface area (Å²) < 4.78 is 11.4. The number of ether oxygens (including phenoxy) is 2. The Labute approximate surface area is 138 Å². The molecule has 0 bridgehead atoms. The van der Waals surface area contributed by atoms with Gasteiger partial charge in [0.2, 0.25) is 0 Å². The summed E-state index contributed by atoms with van der Waals surface area (Å²) in [5.41, 5.74) is 3.30. The van der Waals surface area contributed by atoms with E-state index in [1.54, 1.807) is 18.9 Å². The molecule has 1 aromatic heterocycles. The third-order valence-corrected chi connectivity index (χ3v) is 4.80. The van der Waals surface area contributed by atoms with Crippen molar-refractivity contribution in [2.45, 2.75) is 30.4 Å². The van der Waals surface area contributed by atoms with Crippen molar-refractivity contribution in [3.05, 3.63) is 51.6 Å². The fourth-order valence-corrected chi connectivity index (χ4v) is 2.99. The molecule has 0 saturated carbocycles. The normalized spacial score (nSPS) is 10.9. The Hall–Kier alpha value is -0.880. The van der Waals surface area contributed by atoms with Gasteiger partial charge in [0.1, 0.15) is 11.8 Å². The zero-order valence-electron chi connectivity index (χ0n) is 12.4. The highest BCUT2D eigenvalue weighted by Gasteiger charge is 2.05. The Bertz CT molecular complexity index is 619. The molecule has 0 unspecified atom stereocenters. The third-order valence-electron chi connectivity index (χ3n) is 2.98. The molecule has 0 radical (unpaired) electrons. The van der Waals surface area contributed by atoms with Gasteiger partial charge in [-0.05, 0) is 49.2 Å². The van der Waals surface area contributed by atoms with Crippen LogP contribution in [0.2, 0.25) is 0 Å². The number of hydrogen-bond donors (Lipinski definition) is 0. The average Bonchev–Trinajstić information content (AvgIpc) is 2.45. The van der Waals surface area contributed by atoms with E-state index in [2.05, 4.69) is 52.1 Å².